The number of nitrogens with zero attached hydrogens (tertiary/aromatic N) is 4. The van der Waals surface area contributed by atoms with E-state index in [9.17, 15) is 4.21 Å². The molecule has 3 aromatic rings. The maximum Gasteiger partial charge on any atom is 0.229 e. The van der Waals surface area contributed by atoms with Crippen LogP contribution in [0.5, 0.6) is 0 Å². The molecule has 0 spiro atoms. The highest BCUT2D eigenvalue weighted by Crippen LogP contribution is 2.28. The quantitative estimate of drug-likeness (QED) is 0.668. The summed E-state index contributed by atoms with van der Waals surface area (Å²) in [6, 6.07) is 7.21. The highest BCUT2D eigenvalue weighted by atomic mass is 32.2. The van der Waals surface area contributed by atoms with Crippen LogP contribution in [0, 0.1) is 0 Å². The molecule has 2 aliphatic rings. The lowest BCUT2D eigenvalue weighted by Crippen LogP contribution is -2.24. The van der Waals surface area contributed by atoms with E-state index in [2.05, 4.69) is 37.2 Å². The van der Waals surface area contributed by atoms with Gasteiger partial charge in [0.15, 0.2) is 11.2 Å². The molecule has 152 valence electrons. The summed E-state index contributed by atoms with van der Waals surface area (Å²) < 4.78 is 21.6. The molecule has 7 nitrogen and oxygen atoms in total. The van der Waals surface area contributed by atoms with Crippen LogP contribution >= 0.6 is 0 Å². The van der Waals surface area contributed by atoms with Crippen molar-refractivity contribution in [2.24, 2.45) is 0 Å². The van der Waals surface area contributed by atoms with Crippen molar-refractivity contribution in [2.45, 2.75) is 24.5 Å². The van der Waals surface area contributed by atoms with Crippen LogP contribution in [0.2, 0.25) is 0 Å². The Kier molecular flexibility index (Phi) is 4.92. The minimum Gasteiger partial charge on any atom is -0.434 e. The van der Waals surface area contributed by atoms with Gasteiger partial charge in [0.1, 0.15) is 16.8 Å². The minimum absolute atomic E-state index is 0.122. The van der Waals surface area contributed by atoms with Gasteiger partial charge in [0, 0.05) is 35.9 Å². The van der Waals surface area contributed by atoms with Gasteiger partial charge in [-0.05, 0) is 49.6 Å². The molecular weight excluding hydrogens is 398 g/mol. The van der Waals surface area contributed by atoms with Crippen molar-refractivity contribution in [1.29, 1.82) is 0 Å². The maximum atomic E-state index is 12.8. The van der Waals surface area contributed by atoms with E-state index in [-0.39, 0.29) is 5.25 Å². The predicted octanol–water partition coefficient (Wildman–Crippen LogP) is 4.18. The van der Waals surface area contributed by atoms with Crippen LogP contribution in [0.15, 0.2) is 77.3 Å². The van der Waals surface area contributed by atoms with Gasteiger partial charge in [-0.3, -0.25) is 4.72 Å². The van der Waals surface area contributed by atoms with Gasteiger partial charge in [0.2, 0.25) is 5.89 Å². The Hall–Kier alpha value is -3.26. The van der Waals surface area contributed by atoms with Crippen LogP contribution < -0.4 is 4.72 Å². The molecule has 2 unspecified atom stereocenters. The van der Waals surface area contributed by atoms with Gasteiger partial charge < -0.3 is 9.32 Å². The lowest BCUT2D eigenvalue weighted by Gasteiger charge is -2.24. The third kappa shape index (κ3) is 3.66. The van der Waals surface area contributed by atoms with E-state index in [0.717, 1.165) is 36.3 Å². The zero-order valence-electron chi connectivity index (χ0n) is 16.3. The normalized spacial score (nSPS) is 19.9. The summed E-state index contributed by atoms with van der Waals surface area (Å²) in [6.07, 6.45) is 12.4. The van der Waals surface area contributed by atoms with Crippen LogP contribution in [-0.4, -0.2) is 35.9 Å². The van der Waals surface area contributed by atoms with Crippen LogP contribution in [0.1, 0.15) is 19.3 Å². The second kappa shape index (κ2) is 7.87. The molecule has 1 aliphatic heterocycles. The van der Waals surface area contributed by atoms with Crippen LogP contribution in [0.4, 0.5) is 5.82 Å². The molecule has 0 aromatic carbocycles. The Bertz CT molecular complexity index is 1170. The number of oxazole rings is 1. The number of pyridine rings is 2. The van der Waals surface area contributed by atoms with E-state index >= 15 is 0 Å². The third-order valence-electron chi connectivity index (χ3n) is 5.23. The van der Waals surface area contributed by atoms with E-state index in [0.29, 0.717) is 29.4 Å². The van der Waals surface area contributed by atoms with Gasteiger partial charge in [-0.15, -0.1) is 0 Å². The Labute approximate surface area is 176 Å². The van der Waals surface area contributed by atoms with Crippen molar-refractivity contribution in [3.8, 4) is 11.5 Å². The summed E-state index contributed by atoms with van der Waals surface area (Å²) in [5.74, 6) is 0.966. The fraction of sp³-hybridized carbons (Fsp3) is 0.227. The molecule has 1 N–H and O–H groups in total. The molecule has 0 saturated carbocycles. The third-order valence-corrected chi connectivity index (χ3v) is 6.54. The second-order valence-electron chi connectivity index (χ2n) is 7.26. The average molecular weight is 420 g/mol. The Balaban J connectivity index is 1.28. The van der Waals surface area contributed by atoms with Crippen LogP contribution in [-0.2, 0) is 11.0 Å². The minimum atomic E-state index is -1.31. The Morgan fingerprint density at radius 2 is 2.20 bits per heavy atom. The first-order chi connectivity index (χ1) is 14.7. The van der Waals surface area contributed by atoms with Gasteiger partial charge in [-0.1, -0.05) is 18.7 Å². The van der Waals surface area contributed by atoms with Crippen molar-refractivity contribution >= 4 is 28.0 Å². The largest absolute Gasteiger partial charge is 0.434 e. The second-order valence-corrected chi connectivity index (χ2v) is 8.66. The molecule has 4 heterocycles. The smallest absolute Gasteiger partial charge is 0.229 e. The molecule has 30 heavy (non-hydrogen) atoms. The number of rotatable bonds is 5. The molecule has 8 heteroatoms. The molecule has 0 radical (unpaired) electrons. The SMILES string of the molecule is C=C1CCCN1C1=CCC(S(=O)Nc2cc(-c3nc4ncccc4o3)ccn2)C=C1. The topological polar surface area (TPSA) is 84.2 Å². The first-order valence-corrected chi connectivity index (χ1v) is 11.1. The highest BCUT2D eigenvalue weighted by molar-refractivity contribution is 7.87. The molecule has 3 aromatic heterocycles. The molecular formula is C22H21N5O2S. The molecule has 1 fully saturated rings. The maximum absolute atomic E-state index is 12.8. The number of anilines is 1. The zero-order chi connectivity index (χ0) is 20.5. The molecule has 0 bridgehead atoms. The number of allylic oxidation sites excluding steroid dienone is 3. The summed E-state index contributed by atoms with van der Waals surface area (Å²) in [4.78, 5) is 15.1. The van der Waals surface area contributed by atoms with Crippen LogP contribution in [0.3, 0.4) is 0 Å². The number of hydrogen-bond donors (Lipinski definition) is 1. The molecule has 0 amide bonds. The number of hydrogen-bond acceptors (Lipinski definition) is 6. The summed E-state index contributed by atoms with van der Waals surface area (Å²) in [5, 5.41) is -0.122. The van der Waals surface area contributed by atoms with Gasteiger partial charge >= 0.3 is 0 Å². The predicted molar refractivity (Wildman–Crippen MR) is 118 cm³/mol. The van der Waals surface area contributed by atoms with Crippen molar-refractivity contribution in [2.75, 3.05) is 11.3 Å². The van der Waals surface area contributed by atoms with E-state index in [4.69, 9.17) is 4.42 Å². The number of likely N-dealkylation sites (tertiary alicyclic amines) is 1. The van der Waals surface area contributed by atoms with Gasteiger partial charge in [-0.2, -0.15) is 4.98 Å². The van der Waals surface area contributed by atoms with E-state index in [1.165, 1.54) is 0 Å². The monoisotopic (exact) mass is 419 g/mol. The number of nitrogens with one attached hydrogen (secondary N) is 1. The summed E-state index contributed by atoms with van der Waals surface area (Å²) in [5.41, 5.74) is 4.22. The highest BCUT2D eigenvalue weighted by Gasteiger charge is 2.22. The van der Waals surface area contributed by atoms with Gasteiger partial charge in [0.05, 0.1) is 5.25 Å². The summed E-state index contributed by atoms with van der Waals surface area (Å²) >= 11 is 0. The molecule has 1 saturated heterocycles. The zero-order valence-corrected chi connectivity index (χ0v) is 17.1. The number of aromatic nitrogens is 3. The van der Waals surface area contributed by atoms with Gasteiger partial charge in [-0.25, -0.2) is 14.2 Å². The summed E-state index contributed by atoms with van der Waals surface area (Å²) in [6.45, 7) is 5.12. The van der Waals surface area contributed by atoms with Gasteiger partial charge in [0.25, 0.3) is 0 Å². The van der Waals surface area contributed by atoms with E-state index in [1.807, 2.05) is 18.2 Å². The summed E-state index contributed by atoms with van der Waals surface area (Å²) in [7, 11) is -1.31. The van der Waals surface area contributed by atoms with Crippen molar-refractivity contribution < 1.29 is 8.63 Å². The van der Waals surface area contributed by atoms with E-state index < -0.39 is 11.0 Å². The van der Waals surface area contributed by atoms with Crippen LogP contribution in [0.25, 0.3) is 22.7 Å². The average Bonchev–Trinajstić information content (AvgIpc) is 3.40. The molecule has 1 aliphatic carbocycles. The fourth-order valence-electron chi connectivity index (χ4n) is 3.68. The Morgan fingerprint density at radius 1 is 1.27 bits per heavy atom. The first-order valence-electron chi connectivity index (χ1n) is 9.86. The first kappa shape index (κ1) is 18.7. The molecule has 5 rings (SSSR count). The Morgan fingerprint density at radius 3 is 2.97 bits per heavy atom. The lowest BCUT2D eigenvalue weighted by atomic mass is 10.1. The number of fused-ring (bicyclic) bond motifs is 1. The van der Waals surface area contributed by atoms with Crippen molar-refractivity contribution in [3.63, 3.8) is 0 Å². The van der Waals surface area contributed by atoms with Crippen molar-refractivity contribution in [3.05, 3.63) is 72.9 Å². The fourth-order valence-corrected chi connectivity index (χ4v) is 4.65. The van der Waals surface area contributed by atoms with E-state index in [1.54, 1.807) is 30.6 Å². The standard InChI is InChI=1S/C22H21N5O2S/c1-15-4-3-13-27(15)17-6-8-18(9-7-17)30(28)26-20-14-16(10-12-23-20)22-25-21-19(29-22)5-2-11-24-21/h2,5-8,10-12,14,18H,1,3-4,9,13H2,(H,23,26). The van der Waals surface area contributed by atoms with Crippen molar-refractivity contribution in [1.82, 2.24) is 19.9 Å². The molecule has 2 atom stereocenters. The lowest BCUT2D eigenvalue weighted by molar-refractivity contribution is 0.501.